The van der Waals surface area contributed by atoms with E-state index in [1.54, 1.807) is 4.90 Å². The van der Waals surface area contributed by atoms with Crippen molar-refractivity contribution in [2.75, 3.05) is 6.54 Å². The van der Waals surface area contributed by atoms with Gasteiger partial charge in [-0.2, -0.15) is 0 Å². The minimum Gasteiger partial charge on any atom is -0.336 e. The van der Waals surface area contributed by atoms with Crippen LogP contribution in [0.15, 0.2) is 18.2 Å². The zero-order chi connectivity index (χ0) is 13.3. The molecule has 6 heteroatoms. The summed E-state index contributed by atoms with van der Waals surface area (Å²) in [6.07, 6.45) is 2.06. The molecule has 0 radical (unpaired) electrons. The van der Waals surface area contributed by atoms with Gasteiger partial charge < -0.3 is 4.90 Å². The van der Waals surface area contributed by atoms with Gasteiger partial charge in [-0.15, -0.1) is 0 Å². The second-order valence-corrected chi connectivity index (χ2v) is 4.65. The third-order valence-corrected chi connectivity index (χ3v) is 3.28. The van der Waals surface area contributed by atoms with E-state index in [-0.39, 0.29) is 16.6 Å². The zero-order valence-corrected chi connectivity index (χ0v) is 10.7. The number of carbonyl (C=O) groups excluding carboxylic acids is 1. The molecule has 0 spiro atoms. The third kappa shape index (κ3) is 2.46. The standard InChI is InChI=1S/C12H13ClN2O3/c1-2-14(9-4-5-9)12(16)8-3-6-11(15(17)18)10(13)7-8/h3,6-7,9H,2,4-5H2,1H3. The Morgan fingerprint density at radius 2 is 2.22 bits per heavy atom. The number of hydrogen-bond acceptors (Lipinski definition) is 3. The first-order chi connectivity index (χ1) is 8.54. The van der Waals surface area contributed by atoms with Crippen LogP contribution in [-0.4, -0.2) is 28.3 Å². The fraction of sp³-hybridized carbons (Fsp3) is 0.417. The highest BCUT2D eigenvalue weighted by Gasteiger charge is 2.32. The number of nitro benzene ring substituents is 1. The van der Waals surface area contributed by atoms with Gasteiger partial charge in [0.1, 0.15) is 5.02 Å². The maximum atomic E-state index is 12.2. The molecule has 96 valence electrons. The van der Waals surface area contributed by atoms with Crippen LogP contribution in [-0.2, 0) is 0 Å². The summed E-state index contributed by atoms with van der Waals surface area (Å²) in [4.78, 5) is 24.0. The zero-order valence-electron chi connectivity index (χ0n) is 9.93. The number of rotatable bonds is 4. The molecule has 0 aliphatic heterocycles. The van der Waals surface area contributed by atoms with Crippen molar-refractivity contribution in [1.82, 2.24) is 4.90 Å². The van der Waals surface area contributed by atoms with Crippen molar-refractivity contribution >= 4 is 23.2 Å². The highest BCUT2D eigenvalue weighted by molar-refractivity contribution is 6.33. The van der Waals surface area contributed by atoms with Crippen LogP contribution in [0, 0.1) is 10.1 Å². The number of benzene rings is 1. The monoisotopic (exact) mass is 268 g/mol. The average molecular weight is 269 g/mol. The molecule has 0 N–H and O–H groups in total. The summed E-state index contributed by atoms with van der Waals surface area (Å²) in [7, 11) is 0. The first-order valence-corrected chi connectivity index (χ1v) is 6.17. The summed E-state index contributed by atoms with van der Waals surface area (Å²) in [6, 6.07) is 4.41. The Bertz CT molecular complexity index is 500. The first-order valence-electron chi connectivity index (χ1n) is 5.79. The summed E-state index contributed by atoms with van der Waals surface area (Å²) >= 11 is 5.80. The predicted octanol–water partition coefficient (Wildman–Crippen LogP) is 2.87. The third-order valence-electron chi connectivity index (χ3n) is 2.98. The molecule has 0 unspecified atom stereocenters. The lowest BCUT2D eigenvalue weighted by atomic mass is 10.1. The SMILES string of the molecule is CCN(C(=O)c1ccc([N+](=O)[O-])c(Cl)c1)C1CC1. The Morgan fingerprint density at radius 3 is 2.67 bits per heavy atom. The lowest BCUT2D eigenvalue weighted by Crippen LogP contribution is -2.32. The van der Waals surface area contributed by atoms with E-state index < -0.39 is 4.92 Å². The molecule has 18 heavy (non-hydrogen) atoms. The smallest absolute Gasteiger partial charge is 0.287 e. The quantitative estimate of drug-likeness (QED) is 0.623. The molecule has 1 aliphatic carbocycles. The van der Waals surface area contributed by atoms with Gasteiger partial charge in [0, 0.05) is 24.2 Å². The molecule has 0 atom stereocenters. The van der Waals surface area contributed by atoms with Crippen molar-refractivity contribution in [3.05, 3.63) is 38.9 Å². The van der Waals surface area contributed by atoms with Crippen LogP contribution in [0.25, 0.3) is 0 Å². The van der Waals surface area contributed by atoms with Crippen molar-refractivity contribution in [2.45, 2.75) is 25.8 Å². The van der Waals surface area contributed by atoms with Gasteiger partial charge in [-0.1, -0.05) is 11.6 Å². The Hall–Kier alpha value is -1.62. The minimum absolute atomic E-state index is 0.00213. The van der Waals surface area contributed by atoms with Crippen LogP contribution in [0.4, 0.5) is 5.69 Å². The summed E-state index contributed by atoms with van der Waals surface area (Å²) in [5.41, 5.74) is 0.224. The average Bonchev–Trinajstić information content (AvgIpc) is 3.13. The molecule has 2 rings (SSSR count). The topological polar surface area (TPSA) is 63.5 Å². The van der Waals surface area contributed by atoms with Gasteiger partial charge in [-0.3, -0.25) is 14.9 Å². The van der Waals surface area contributed by atoms with Gasteiger partial charge in [-0.05, 0) is 31.9 Å². The van der Waals surface area contributed by atoms with Crippen LogP contribution in [0.1, 0.15) is 30.1 Å². The molecule has 1 aromatic carbocycles. The second kappa shape index (κ2) is 4.94. The van der Waals surface area contributed by atoms with E-state index in [0.29, 0.717) is 18.2 Å². The number of nitrogens with zero attached hydrogens (tertiary/aromatic N) is 2. The highest BCUT2D eigenvalue weighted by Crippen LogP contribution is 2.30. The van der Waals surface area contributed by atoms with E-state index in [0.717, 1.165) is 12.8 Å². The molecule has 0 heterocycles. The van der Waals surface area contributed by atoms with E-state index in [4.69, 9.17) is 11.6 Å². The van der Waals surface area contributed by atoms with Crippen molar-refractivity contribution in [1.29, 1.82) is 0 Å². The number of amides is 1. The molecular formula is C12H13ClN2O3. The highest BCUT2D eigenvalue weighted by atomic mass is 35.5. The fourth-order valence-corrected chi connectivity index (χ4v) is 2.16. The lowest BCUT2D eigenvalue weighted by molar-refractivity contribution is -0.384. The minimum atomic E-state index is -0.560. The molecule has 5 nitrogen and oxygen atoms in total. The number of nitro groups is 1. The molecule has 1 fully saturated rings. The normalized spacial score (nSPS) is 14.3. The van der Waals surface area contributed by atoms with Crippen LogP contribution in [0.5, 0.6) is 0 Å². The van der Waals surface area contributed by atoms with Crippen molar-refractivity contribution < 1.29 is 9.72 Å². The first kappa shape index (κ1) is 12.8. The van der Waals surface area contributed by atoms with E-state index in [9.17, 15) is 14.9 Å². The van der Waals surface area contributed by atoms with Crippen molar-refractivity contribution in [2.24, 2.45) is 0 Å². The van der Waals surface area contributed by atoms with Gasteiger partial charge in [0.05, 0.1) is 4.92 Å². The molecule has 1 aliphatic rings. The predicted molar refractivity (Wildman–Crippen MR) is 67.8 cm³/mol. The van der Waals surface area contributed by atoms with Gasteiger partial charge in [0.2, 0.25) is 0 Å². The molecule has 0 aromatic heterocycles. The largest absolute Gasteiger partial charge is 0.336 e. The van der Waals surface area contributed by atoms with Gasteiger partial charge in [0.25, 0.3) is 11.6 Å². The van der Waals surface area contributed by atoms with E-state index in [2.05, 4.69) is 0 Å². The maximum Gasteiger partial charge on any atom is 0.287 e. The van der Waals surface area contributed by atoms with Crippen molar-refractivity contribution in [3.8, 4) is 0 Å². The van der Waals surface area contributed by atoms with Gasteiger partial charge >= 0.3 is 0 Å². The second-order valence-electron chi connectivity index (χ2n) is 4.25. The Balaban J connectivity index is 2.25. The van der Waals surface area contributed by atoms with Crippen LogP contribution in [0.3, 0.4) is 0 Å². The lowest BCUT2D eigenvalue weighted by Gasteiger charge is -2.20. The molecule has 0 bridgehead atoms. The molecule has 1 amide bonds. The Morgan fingerprint density at radius 1 is 1.56 bits per heavy atom. The fourth-order valence-electron chi connectivity index (χ4n) is 1.91. The van der Waals surface area contributed by atoms with Gasteiger partial charge in [0.15, 0.2) is 0 Å². The molecular weight excluding hydrogens is 256 g/mol. The van der Waals surface area contributed by atoms with E-state index in [1.807, 2.05) is 6.92 Å². The number of halogens is 1. The Kier molecular flexibility index (Phi) is 3.52. The number of hydrogen-bond donors (Lipinski definition) is 0. The van der Waals surface area contributed by atoms with E-state index in [1.165, 1.54) is 18.2 Å². The summed E-state index contributed by atoms with van der Waals surface area (Å²) in [5.74, 6) is -0.114. The summed E-state index contributed by atoms with van der Waals surface area (Å²) < 4.78 is 0. The Labute approximate surface area is 109 Å². The maximum absolute atomic E-state index is 12.2. The van der Waals surface area contributed by atoms with Crippen LogP contribution >= 0.6 is 11.6 Å². The van der Waals surface area contributed by atoms with Crippen molar-refractivity contribution in [3.63, 3.8) is 0 Å². The number of carbonyl (C=O) groups is 1. The molecule has 1 aromatic rings. The summed E-state index contributed by atoms with van der Waals surface area (Å²) in [6.45, 7) is 2.56. The van der Waals surface area contributed by atoms with Crippen LogP contribution in [0.2, 0.25) is 5.02 Å². The van der Waals surface area contributed by atoms with Gasteiger partial charge in [-0.25, -0.2) is 0 Å². The molecule has 1 saturated carbocycles. The van der Waals surface area contributed by atoms with E-state index >= 15 is 0 Å². The summed E-state index contributed by atoms with van der Waals surface area (Å²) in [5, 5.41) is 10.6. The molecule has 0 saturated heterocycles. The van der Waals surface area contributed by atoms with Crippen LogP contribution < -0.4 is 0 Å².